The van der Waals surface area contributed by atoms with Crippen molar-refractivity contribution in [1.29, 1.82) is 0 Å². The van der Waals surface area contributed by atoms with Crippen LogP contribution in [-0.4, -0.2) is 29.2 Å². The molecule has 0 saturated carbocycles. The Balaban J connectivity index is 1.46. The number of hydrogen-bond acceptors (Lipinski definition) is 7. The Morgan fingerprint density at radius 2 is 1.50 bits per heavy atom. The molecule has 0 aliphatic heterocycles. The van der Waals surface area contributed by atoms with Crippen molar-refractivity contribution in [3.63, 3.8) is 0 Å². The lowest BCUT2D eigenvalue weighted by Gasteiger charge is -2.10. The number of amides is 1. The highest BCUT2D eigenvalue weighted by atomic mass is 16.6. The minimum atomic E-state index is -0.474. The number of carbonyl (C=O) groups excluding carboxylic acids is 2. The van der Waals surface area contributed by atoms with Gasteiger partial charge in [-0.15, -0.1) is 10.2 Å². The quantitative estimate of drug-likeness (QED) is 0.353. The van der Waals surface area contributed by atoms with Gasteiger partial charge in [0.25, 0.3) is 5.91 Å². The van der Waals surface area contributed by atoms with Crippen molar-refractivity contribution in [2.24, 2.45) is 0 Å². The van der Waals surface area contributed by atoms with E-state index in [0.29, 0.717) is 23.0 Å². The lowest BCUT2D eigenvalue weighted by Crippen LogP contribution is -2.12. The third-order valence-electron chi connectivity index (χ3n) is 4.51. The van der Waals surface area contributed by atoms with Crippen molar-refractivity contribution in [2.75, 3.05) is 12.4 Å². The molecule has 1 N–H and O–H groups in total. The number of nitrogens with zero attached hydrogens (tertiary/aromatic N) is 2. The zero-order chi connectivity index (χ0) is 22.5. The number of ether oxygens (including phenoxy) is 2. The molecule has 0 aliphatic carbocycles. The summed E-state index contributed by atoms with van der Waals surface area (Å²) in [6, 6.07) is 21.1. The zero-order valence-electron chi connectivity index (χ0n) is 17.4. The maximum Gasteiger partial charge on any atom is 0.308 e. The molecule has 0 aliphatic rings. The molecular formula is C24H19N3O5. The molecule has 0 bridgehead atoms. The molecule has 3 aromatic carbocycles. The van der Waals surface area contributed by atoms with E-state index in [1.54, 1.807) is 30.3 Å². The van der Waals surface area contributed by atoms with Crippen molar-refractivity contribution in [1.82, 2.24) is 10.2 Å². The summed E-state index contributed by atoms with van der Waals surface area (Å²) in [6.45, 7) is 1.29. The van der Waals surface area contributed by atoms with Gasteiger partial charge in [-0.25, -0.2) is 0 Å². The Kier molecular flexibility index (Phi) is 5.94. The van der Waals surface area contributed by atoms with E-state index < -0.39 is 5.97 Å². The second-order valence-corrected chi connectivity index (χ2v) is 6.77. The number of rotatable bonds is 6. The van der Waals surface area contributed by atoms with Gasteiger partial charge in [-0.3, -0.25) is 9.59 Å². The van der Waals surface area contributed by atoms with Crippen LogP contribution in [0, 0.1) is 0 Å². The van der Waals surface area contributed by atoms with E-state index in [1.807, 2.05) is 30.3 Å². The number of benzene rings is 3. The molecule has 0 fully saturated rings. The van der Waals surface area contributed by atoms with Gasteiger partial charge < -0.3 is 19.2 Å². The van der Waals surface area contributed by atoms with Gasteiger partial charge in [-0.05, 0) is 54.6 Å². The summed E-state index contributed by atoms with van der Waals surface area (Å²) in [7, 11) is 1.43. The molecule has 0 radical (unpaired) electrons. The first-order valence-electron chi connectivity index (χ1n) is 9.70. The van der Waals surface area contributed by atoms with E-state index in [4.69, 9.17) is 13.9 Å². The van der Waals surface area contributed by atoms with Gasteiger partial charge in [0.2, 0.25) is 11.8 Å². The second kappa shape index (κ2) is 9.13. The minimum Gasteiger partial charge on any atom is -0.493 e. The molecule has 0 saturated heterocycles. The summed E-state index contributed by atoms with van der Waals surface area (Å²) in [5.41, 5.74) is 2.51. The van der Waals surface area contributed by atoms with Crippen molar-refractivity contribution in [2.45, 2.75) is 6.92 Å². The third-order valence-corrected chi connectivity index (χ3v) is 4.51. The minimum absolute atomic E-state index is 0.246. The van der Waals surface area contributed by atoms with E-state index in [2.05, 4.69) is 15.5 Å². The second-order valence-electron chi connectivity index (χ2n) is 6.77. The van der Waals surface area contributed by atoms with Gasteiger partial charge in [0, 0.05) is 29.3 Å². The zero-order valence-corrected chi connectivity index (χ0v) is 17.4. The van der Waals surface area contributed by atoms with E-state index in [0.717, 1.165) is 11.1 Å². The molecule has 1 amide bonds. The topological polar surface area (TPSA) is 104 Å². The standard InChI is InChI=1S/C24H19N3O5/c1-15(28)31-20-13-10-18(14-21(20)30-2)22(29)25-19-11-8-17(9-12-19)24-27-26-23(32-24)16-6-4-3-5-7-16/h3-14H,1-2H3,(H,25,29). The van der Waals surface area contributed by atoms with Crippen LogP contribution in [-0.2, 0) is 4.79 Å². The lowest BCUT2D eigenvalue weighted by molar-refractivity contribution is -0.132. The van der Waals surface area contributed by atoms with Crippen molar-refractivity contribution >= 4 is 17.6 Å². The average Bonchev–Trinajstić information content (AvgIpc) is 3.30. The average molecular weight is 429 g/mol. The number of hydrogen-bond donors (Lipinski definition) is 1. The fourth-order valence-electron chi connectivity index (χ4n) is 2.98. The van der Waals surface area contributed by atoms with Crippen molar-refractivity contribution in [3.8, 4) is 34.4 Å². The van der Waals surface area contributed by atoms with Crippen molar-refractivity contribution in [3.05, 3.63) is 78.4 Å². The van der Waals surface area contributed by atoms with Gasteiger partial charge >= 0.3 is 5.97 Å². The predicted molar refractivity (Wildman–Crippen MR) is 117 cm³/mol. The van der Waals surface area contributed by atoms with E-state index in [-0.39, 0.29) is 17.4 Å². The SMILES string of the molecule is COc1cc(C(=O)Nc2ccc(-c3nnc(-c4ccccc4)o3)cc2)ccc1OC(C)=O. The molecule has 160 valence electrons. The lowest BCUT2D eigenvalue weighted by atomic mass is 10.1. The number of aromatic nitrogens is 2. The Bertz CT molecular complexity index is 1250. The Labute approximate surface area is 183 Å². The molecule has 4 aromatic rings. The Hall–Kier alpha value is -4.46. The van der Waals surface area contributed by atoms with Gasteiger partial charge in [0.1, 0.15) is 0 Å². The number of anilines is 1. The van der Waals surface area contributed by atoms with Crippen LogP contribution in [0.25, 0.3) is 22.9 Å². The first-order chi connectivity index (χ1) is 15.5. The molecule has 8 nitrogen and oxygen atoms in total. The number of carbonyl (C=O) groups is 2. The van der Waals surface area contributed by atoms with Crippen LogP contribution in [0.5, 0.6) is 11.5 Å². The van der Waals surface area contributed by atoms with Crippen LogP contribution in [0.2, 0.25) is 0 Å². The van der Waals surface area contributed by atoms with E-state index >= 15 is 0 Å². The van der Waals surface area contributed by atoms with Crippen LogP contribution >= 0.6 is 0 Å². The van der Waals surface area contributed by atoms with Gasteiger partial charge in [-0.2, -0.15) is 0 Å². The normalized spacial score (nSPS) is 10.4. The summed E-state index contributed by atoms with van der Waals surface area (Å²) in [5, 5.41) is 11.0. The van der Waals surface area contributed by atoms with Crippen LogP contribution < -0.4 is 14.8 Å². The molecule has 1 heterocycles. The molecule has 8 heteroatoms. The summed E-state index contributed by atoms with van der Waals surface area (Å²) in [4.78, 5) is 23.8. The molecule has 1 aromatic heterocycles. The maximum atomic E-state index is 12.6. The summed E-state index contributed by atoms with van der Waals surface area (Å²) in [5.74, 6) is 0.535. The molecule has 0 atom stereocenters. The van der Waals surface area contributed by atoms with Crippen LogP contribution in [0.15, 0.2) is 77.2 Å². The van der Waals surface area contributed by atoms with E-state index in [1.165, 1.54) is 26.2 Å². The predicted octanol–water partition coefficient (Wildman–Crippen LogP) is 4.59. The van der Waals surface area contributed by atoms with Crippen LogP contribution in [0.4, 0.5) is 5.69 Å². The summed E-state index contributed by atoms with van der Waals surface area (Å²) in [6.07, 6.45) is 0. The highest BCUT2D eigenvalue weighted by Crippen LogP contribution is 2.29. The van der Waals surface area contributed by atoms with Gasteiger partial charge in [0.05, 0.1) is 7.11 Å². The Morgan fingerprint density at radius 1 is 0.844 bits per heavy atom. The highest BCUT2D eigenvalue weighted by Gasteiger charge is 2.14. The first-order valence-corrected chi connectivity index (χ1v) is 9.70. The number of esters is 1. The van der Waals surface area contributed by atoms with Crippen LogP contribution in [0.1, 0.15) is 17.3 Å². The fraction of sp³-hybridized carbons (Fsp3) is 0.0833. The fourth-order valence-corrected chi connectivity index (χ4v) is 2.98. The third kappa shape index (κ3) is 4.65. The Morgan fingerprint density at radius 3 is 2.12 bits per heavy atom. The molecular weight excluding hydrogens is 410 g/mol. The molecule has 4 rings (SSSR count). The monoisotopic (exact) mass is 429 g/mol. The molecule has 0 spiro atoms. The smallest absolute Gasteiger partial charge is 0.308 e. The summed E-state index contributed by atoms with van der Waals surface area (Å²) < 4.78 is 16.0. The van der Waals surface area contributed by atoms with E-state index in [9.17, 15) is 9.59 Å². The maximum absolute atomic E-state index is 12.6. The number of nitrogens with one attached hydrogen (secondary N) is 1. The largest absolute Gasteiger partial charge is 0.493 e. The summed E-state index contributed by atoms with van der Waals surface area (Å²) >= 11 is 0. The van der Waals surface area contributed by atoms with Crippen LogP contribution in [0.3, 0.4) is 0 Å². The van der Waals surface area contributed by atoms with Crippen molar-refractivity contribution < 1.29 is 23.5 Å². The first kappa shape index (κ1) is 20.8. The molecule has 0 unspecified atom stereocenters. The highest BCUT2D eigenvalue weighted by molar-refractivity contribution is 6.04. The number of methoxy groups -OCH3 is 1. The van der Waals surface area contributed by atoms with Gasteiger partial charge in [-0.1, -0.05) is 18.2 Å². The van der Waals surface area contributed by atoms with Gasteiger partial charge in [0.15, 0.2) is 11.5 Å². The molecule has 32 heavy (non-hydrogen) atoms.